The molecule has 0 spiro atoms. The summed E-state index contributed by atoms with van der Waals surface area (Å²) in [6, 6.07) is 10.4. The van der Waals surface area contributed by atoms with E-state index in [1.807, 2.05) is 12.3 Å². The van der Waals surface area contributed by atoms with E-state index < -0.39 is 0 Å². The highest BCUT2D eigenvalue weighted by molar-refractivity contribution is 5.56. The van der Waals surface area contributed by atoms with Gasteiger partial charge in [0.2, 0.25) is 0 Å². The van der Waals surface area contributed by atoms with E-state index in [1.54, 1.807) is 0 Å². The number of hydrogen-bond donors (Lipinski definition) is 1. The summed E-state index contributed by atoms with van der Waals surface area (Å²) in [6.45, 7) is 7.12. The largest absolute Gasteiger partial charge is 0.379 e. The van der Waals surface area contributed by atoms with Crippen molar-refractivity contribution < 1.29 is 0 Å². The number of para-hydroxylation sites is 1. The molecule has 1 heterocycles. The zero-order chi connectivity index (χ0) is 12.3. The quantitative estimate of drug-likeness (QED) is 0.864. The van der Waals surface area contributed by atoms with E-state index in [1.165, 1.54) is 22.4 Å². The first-order valence-corrected chi connectivity index (χ1v) is 5.89. The molecule has 2 heteroatoms. The Balaban J connectivity index is 2.16. The first-order chi connectivity index (χ1) is 8.18. The number of benzene rings is 1. The Bertz CT molecular complexity index is 498. The highest BCUT2D eigenvalue weighted by Crippen LogP contribution is 2.20. The van der Waals surface area contributed by atoms with Crippen molar-refractivity contribution in [2.75, 3.05) is 5.32 Å². The van der Waals surface area contributed by atoms with Crippen LogP contribution in [0.3, 0.4) is 0 Å². The lowest BCUT2D eigenvalue weighted by atomic mass is 10.1. The molecular weight excluding hydrogens is 208 g/mol. The first-order valence-electron chi connectivity index (χ1n) is 5.89. The van der Waals surface area contributed by atoms with Crippen molar-refractivity contribution in [2.45, 2.75) is 27.3 Å². The van der Waals surface area contributed by atoms with Crippen LogP contribution in [-0.4, -0.2) is 4.98 Å². The second-order valence-electron chi connectivity index (χ2n) is 4.39. The van der Waals surface area contributed by atoms with Crippen LogP contribution < -0.4 is 5.32 Å². The molecule has 1 aromatic heterocycles. The molecule has 0 fully saturated rings. The average molecular weight is 226 g/mol. The van der Waals surface area contributed by atoms with Crippen LogP contribution in [0.4, 0.5) is 5.69 Å². The monoisotopic (exact) mass is 226 g/mol. The summed E-state index contributed by atoms with van der Waals surface area (Å²) in [5.41, 5.74) is 6.11. The van der Waals surface area contributed by atoms with E-state index in [-0.39, 0.29) is 0 Å². The fourth-order valence-electron chi connectivity index (χ4n) is 1.97. The average Bonchev–Trinajstić information content (AvgIpc) is 2.30. The smallest absolute Gasteiger partial charge is 0.0623 e. The van der Waals surface area contributed by atoms with Gasteiger partial charge in [-0.15, -0.1) is 0 Å². The van der Waals surface area contributed by atoms with Gasteiger partial charge in [0, 0.05) is 11.9 Å². The van der Waals surface area contributed by atoms with Crippen LogP contribution in [0.15, 0.2) is 36.5 Å². The van der Waals surface area contributed by atoms with Gasteiger partial charge in [-0.3, -0.25) is 4.98 Å². The van der Waals surface area contributed by atoms with Crippen molar-refractivity contribution in [3.8, 4) is 0 Å². The molecule has 0 saturated heterocycles. The number of pyridine rings is 1. The molecule has 0 saturated carbocycles. The molecule has 88 valence electrons. The van der Waals surface area contributed by atoms with Gasteiger partial charge in [-0.1, -0.05) is 24.3 Å². The topological polar surface area (TPSA) is 24.9 Å². The minimum atomic E-state index is 0.776. The van der Waals surface area contributed by atoms with Crippen LogP contribution in [0.5, 0.6) is 0 Å². The van der Waals surface area contributed by atoms with E-state index in [4.69, 9.17) is 0 Å². The van der Waals surface area contributed by atoms with Crippen molar-refractivity contribution in [1.82, 2.24) is 4.98 Å². The summed E-state index contributed by atoms with van der Waals surface area (Å²) in [6.07, 6.45) is 1.84. The lowest BCUT2D eigenvalue weighted by Gasteiger charge is -2.13. The Morgan fingerprint density at radius 1 is 0.941 bits per heavy atom. The Morgan fingerprint density at radius 2 is 1.59 bits per heavy atom. The highest BCUT2D eigenvalue weighted by atomic mass is 14.9. The van der Waals surface area contributed by atoms with Crippen LogP contribution >= 0.6 is 0 Å². The molecule has 17 heavy (non-hydrogen) atoms. The van der Waals surface area contributed by atoms with Gasteiger partial charge in [0.05, 0.1) is 12.2 Å². The van der Waals surface area contributed by atoms with E-state index in [2.05, 4.69) is 55.3 Å². The number of rotatable bonds is 3. The normalized spacial score (nSPS) is 10.3. The molecule has 0 aliphatic heterocycles. The molecule has 0 bridgehead atoms. The molecule has 1 aromatic carbocycles. The van der Waals surface area contributed by atoms with Crippen LogP contribution in [0.25, 0.3) is 0 Å². The lowest BCUT2D eigenvalue weighted by molar-refractivity contribution is 1.01. The van der Waals surface area contributed by atoms with E-state index >= 15 is 0 Å². The number of anilines is 1. The molecule has 0 atom stereocenters. The molecule has 1 N–H and O–H groups in total. The third-order valence-electron chi connectivity index (χ3n) is 3.03. The number of aryl methyl sites for hydroxylation is 3. The summed E-state index contributed by atoms with van der Waals surface area (Å²) in [4.78, 5) is 4.39. The Kier molecular flexibility index (Phi) is 3.43. The van der Waals surface area contributed by atoms with Gasteiger partial charge in [0.1, 0.15) is 0 Å². The molecule has 0 radical (unpaired) electrons. The predicted octanol–water partition coefficient (Wildman–Crippen LogP) is 3.62. The van der Waals surface area contributed by atoms with Gasteiger partial charge >= 0.3 is 0 Å². The highest BCUT2D eigenvalue weighted by Gasteiger charge is 2.03. The minimum Gasteiger partial charge on any atom is -0.379 e. The van der Waals surface area contributed by atoms with E-state index in [0.29, 0.717) is 0 Å². The van der Waals surface area contributed by atoms with Crippen molar-refractivity contribution in [2.24, 2.45) is 0 Å². The number of hydrogen-bond acceptors (Lipinski definition) is 2. The van der Waals surface area contributed by atoms with Crippen LogP contribution in [0.1, 0.15) is 22.4 Å². The van der Waals surface area contributed by atoms with E-state index in [0.717, 1.165) is 12.2 Å². The fraction of sp³-hybridized carbons (Fsp3) is 0.267. The molecule has 0 amide bonds. The summed E-state index contributed by atoms with van der Waals surface area (Å²) in [7, 11) is 0. The summed E-state index contributed by atoms with van der Waals surface area (Å²) in [5.74, 6) is 0. The number of nitrogens with one attached hydrogen (secondary N) is 1. The van der Waals surface area contributed by atoms with Gasteiger partial charge in [-0.25, -0.2) is 0 Å². The molecule has 0 aliphatic rings. The molecule has 2 nitrogen and oxygen atoms in total. The predicted molar refractivity (Wildman–Crippen MR) is 72.2 cm³/mol. The fourth-order valence-corrected chi connectivity index (χ4v) is 1.97. The third-order valence-corrected chi connectivity index (χ3v) is 3.03. The third kappa shape index (κ3) is 2.64. The van der Waals surface area contributed by atoms with Gasteiger partial charge in [-0.2, -0.15) is 0 Å². The SMILES string of the molecule is Cc1cccnc1CNc1c(C)cccc1C. The molecule has 2 aromatic rings. The Labute approximate surface area is 103 Å². The zero-order valence-electron chi connectivity index (χ0n) is 10.6. The first kappa shape index (κ1) is 11.6. The van der Waals surface area contributed by atoms with Crippen molar-refractivity contribution >= 4 is 5.69 Å². The van der Waals surface area contributed by atoms with Crippen molar-refractivity contribution in [1.29, 1.82) is 0 Å². The van der Waals surface area contributed by atoms with Gasteiger partial charge in [0.25, 0.3) is 0 Å². The summed E-state index contributed by atoms with van der Waals surface area (Å²) >= 11 is 0. The van der Waals surface area contributed by atoms with Crippen LogP contribution in [0, 0.1) is 20.8 Å². The summed E-state index contributed by atoms with van der Waals surface area (Å²) < 4.78 is 0. The number of nitrogens with zero attached hydrogens (tertiary/aromatic N) is 1. The maximum atomic E-state index is 4.39. The van der Waals surface area contributed by atoms with Crippen LogP contribution in [-0.2, 0) is 6.54 Å². The van der Waals surface area contributed by atoms with Crippen molar-refractivity contribution in [3.63, 3.8) is 0 Å². The molecule has 2 rings (SSSR count). The lowest BCUT2D eigenvalue weighted by Crippen LogP contribution is -2.05. The maximum absolute atomic E-state index is 4.39. The molecule has 0 unspecified atom stereocenters. The van der Waals surface area contributed by atoms with Crippen molar-refractivity contribution in [3.05, 3.63) is 58.9 Å². The Morgan fingerprint density at radius 3 is 2.24 bits per heavy atom. The molecular formula is C15H18N2. The van der Waals surface area contributed by atoms with Gasteiger partial charge in [0.15, 0.2) is 0 Å². The summed E-state index contributed by atoms with van der Waals surface area (Å²) in [5, 5.41) is 3.48. The zero-order valence-corrected chi connectivity index (χ0v) is 10.6. The van der Waals surface area contributed by atoms with Gasteiger partial charge < -0.3 is 5.32 Å². The number of aromatic nitrogens is 1. The van der Waals surface area contributed by atoms with E-state index in [9.17, 15) is 0 Å². The second-order valence-corrected chi connectivity index (χ2v) is 4.39. The Hall–Kier alpha value is -1.83. The minimum absolute atomic E-state index is 0.776. The van der Waals surface area contributed by atoms with Crippen LogP contribution in [0.2, 0.25) is 0 Å². The standard InChI is InChI=1S/C15H18N2/c1-11-8-5-9-16-14(11)10-17-15-12(2)6-4-7-13(15)3/h4-9,17H,10H2,1-3H3. The second kappa shape index (κ2) is 5.00. The van der Waals surface area contributed by atoms with Gasteiger partial charge in [-0.05, 0) is 43.5 Å². The molecule has 0 aliphatic carbocycles. The maximum Gasteiger partial charge on any atom is 0.0623 e.